The van der Waals surface area contributed by atoms with E-state index in [0.29, 0.717) is 28.5 Å². The fourth-order valence-electron chi connectivity index (χ4n) is 4.05. The predicted molar refractivity (Wildman–Crippen MR) is 124 cm³/mol. The lowest BCUT2D eigenvalue weighted by molar-refractivity contribution is -0.132. The molecule has 2 aromatic carbocycles. The summed E-state index contributed by atoms with van der Waals surface area (Å²) in [4.78, 5) is 27.6. The second kappa shape index (κ2) is 8.86. The second-order valence-electron chi connectivity index (χ2n) is 7.99. The summed E-state index contributed by atoms with van der Waals surface area (Å²) in [5.74, 6) is -0.0192. The maximum absolute atomic E-state index is 13.2. The molecule has 1 aliphatic heterocycles. The van der Waals surface area contributed by atoms with Crippen molar-refractivity contribution in [3.63, 3.8) is 0 Å². The Hall–Kier alpha value is -4.00. The first kappa shape index (κ1) is 22.2. The Morgan fingerprint density at radius 3 is 2.33 bits per heavy atom. The highest BCUT2D eigenvalue weighted by Crippen LogP contribution is 2.43. The number of Topliss-reactive ketones (excluding diaryl/α,β-unsaturated/α-hetero) is 1. The molecule has 4 rings (SSSR count). The van der Waals surface area contributed by atoms with Gasteiger partial charge in [-0.25, -0.2) is 0 Å². The Balaban J connectivity index is 1.89. The lowest BCUT2D eigenvalue weighted by atomic mass is 9.95. The number of nitrogens with zero attached hydrogens (tertiary/aromatic N) is 1. The molecule has 0 aliphatic carbocycles. The number of ketones is 1. The molecule has 33 heavy (non-hydrogen) atoms. The van der Waals surface area contributed by atoms with Gasteiger partial charge in [-0.05, 0) is 66.1 Å². The summed E-state index contributed by atoms with van der Waals surface area (Å²) in [5, 5.41) is 11.3. The van der Waals surface area contributed by atoms with Crippen LogP contribution in [0.4, 0.5) is 5.69 Å². The number of aliphatic hydroxyl groups excluding tert-OH is 1. The number of hydrogen-bond donors (Lipinski definition) is 1. The van der Waals surface area contributed by atoms with E-state index < -0.39 is 17.7 Å². The molecule has 1 saturated heterocycles. The van der Waals surface area contributed by atoms with Crippen molar-refractivity contribution in [2.24, 2.45) is 0 Å². The Morgan fingerprint density at radius 1 is 1.03 bits per heavy atom. The third-order valence-electron chi connectivity index (χ3n) is 5.73. The minimum absolute atomic E-state index is 0.0364. The van der Waals surface area contributed by atoms with Crippen LogP contribution in [0.25, 0.3) is 5.76 Å². The summed E-state index contributed by atoms with van der Waals surface area (Å²) in [7, 11) is 3.13. The molecule has 0 saturated carbocycles. The van der Waals surface area contributed by atoms with Crippen LogP contribution >= 0.6 is 0 Å². The summed E-state index contributed by atoms with van der Waals surface area (Å²) in [6.07, 6.45) is 1.47. The molecule has 7 heteroatoms. The van der Waals surface area contributed by atoms with Crippen molar-refractivity contribution in [1.29, 1.82) is 0 Å². The number of amides is 1. The molecule has 0 bridgehead atoms. The van der Waals surface area contributed by atoms with E-state index in [1.165, 1.54) is 11.2 Å². The van der Waals surface area contributed by atoms with Crippen LogP contribution in [0.3, 0.4) is 0 Å². The molecule has 0 spiro atoms. The Kier molecular flexibility index (Phi) is 5.96. The van der Waals surface area contributed by atoms with Crippen molar-refractivity contribution < 1.29 is 28.6 Å². The van der Waals surface area contributed by atoms with Crippen molar-refractivity contribution in [2.75, 3.05) is 19.1 Å². The molecule has 1 fully saturated rings. The van der Waals surface area contributed by atoms with E-state index >= 15 is 0 Å². The molecule has 1 unspecified atom stereocenters. The average Bonchev–Trinajstić information content (AvgIpc) is 3.45. The number of carbonyl (C=O) groups is 2. The quantitative estimate of drug-likeness (QED) is 0.323. The Bertz CT molecular complexity index is 1210. The van der Waals surface area contributed by atoms with Crippen LogP contribution in [0.2, 0.25) is 0 Å². The lowest BCUT2D eigenvalue weighted by Gasteiger charge is -2.23. The zero-order valence-corrected chi connectivity index (χ0v) is 18.9. The van der Waals surface area contributed by atoms with Gasteiger partial charge in [0.1, 0.15) is 29.1 Å². The number of methoxy groups -OCH3 is 2. The van der Waals surface area contributed by atoms with E-state index in [-0.39, 0.29) is 17.3 Å². The first-order chi connectivity index (χ1) is 15.9. The van der Waals surface area contributed by atoms with Gasteiger partial charge in [0.25, 0.3) is 11.7 Å². The summed E-state index contributed by atoms with van der Waals surface area (Å²) in [6, 6.07) is 14.4. The first-order valence-electron chi connectivity index (χ1n) is 10.5. The molecule has 170 valence electrons. The SMILES string of the molecule is COc1ccc(N2C(=O)C(=O)/C(=C(\O)c3ccc(OC)c(C(C)C)c3)C2c2ccco2)cc1. The summed E-state index contributed by atoms with van der Waals surface area (Å²) >= 11 is 0. The van der Waals surface area contributed by atoms with Crippen LogP contribution in [-0.2, 0) is 9.59 Å². The van der Waals surface area contributed by atoms with Crippen molar-refractivity contribution >= 4 is 23.1 Å². The van der Waals surface area contributed by atoms with Gasteiger partial charge < -0.3 is 19.0 Å². The number of rotatable bonds is 6. The summed E-state index contributed by atoms with van der Waals surface area (Å²) in [6.45, 7) is 4.01. The van der Waals surface area contributed by atoms with Crippen LogP contribution in [0.1, 0.15) is 42.7 Å². The highest BCUT2D eigenvalue weighted by molar-refractivity contribution is 6.51. The third-order valence-corrected chi connectivity index (χ3v) is 5.73. The fourth-order valence-corrected chi connectivity index (χ4v) is 4.05. The fraction of sp³-hybridized carbons (Fsp3) is 0.231. The number of benzene rings is 2. The maximum atomic E-state index is 13.2. The van der Waals surface area contributed by atoms with Crippen molar-refractivity contribution in [3.8, 4) is 11.5 Å². The molecule has 2 heterocycles. The number of ether oxygens (including phenoxy) is 2. The monoisotopic (exact) mass is 447 g/mol. The molecule has 1 aliphatic rings. The van der Waals surface area contributed by atoms with Crippen LogP contribution in [0.15, 0.2) is 70.9 Å². The van der Waals surface area contributed by atoms with Crippen LogP contribution in [-0.4, -0.2) is 31.0 Å². The molecule has 0 radical (unpaired) electrons. The molecule has 7 nitrogen and oxygen atoms in total. The van der Waals surface area contributed by atoms with Crippen molar-refractivity contribution in [2.45, 2.75) is 25.8 Å². The molecule has 1 N–H and O–H groups in total. The molecular formula is C26H25NO6. The number of aliphatic hydroxyl groups is 1. The molecule has 3 aromatic rings. The summed E-state index contributed by atoms with van der Waals surface area (Å²) < 4.78 is 16.2. The number of anilines is 1. The normalized spacial score (nSPS) is 17.6. The van der Waals surface area contributed by atoms with E-state index in [1.54, 1.807) is 68.8 Å². The third kappa shape index (κ3) is 3.86. The van der Waals surface area contributed by atoms with Crippen LogP contribution < -0.4 is 14.4 Å². The topological polar surface area (TPSA) is 89.2 Å². The number of hydrogen-bond acceptors (Lipinski definition) is 6. The average molecular weight is 447 g/mol. The Morgan fingerprint density at radius 2 is 1.76 bits per heavy atom. The number of furan rings is 1. The summed E-state index contributed by atoms with van der Waals surface area (Å²) in [5.41, 5.74) is 1.74. The van der Waals surface area contributed by atoms with Crippen LogP contribution in [0.5, 0.6) is 11.5 Å². The maximum Gasteiger partial charge on any atom is 0.300 e. The van der Waals surface area contributed by atoms with Gasteiger partial charge in [-0.3, -0.25) is 14.5 Å². The van der Waals surface area contributed by atoms with Gasteiger partial charge in [-0.2, -0.15) is 0 Å². The van der Waals surface area contributed by atoms with Gasteiger partial charge in [-0.15, -0.1) is 0 Å². The minimum atomic E-state index is -0.919. The van der Waals surface area contributed by atoms with Gasteiger partial charge in [0, 0.05) is 11.3 Å². The number of carbonyl (C=O) groups excluding carboxylic acids is 2. The molecule has 1 aromatic heterocycles. The van der Waals surface area contributed by atoms with E-state index in [0.717, 1.165) is 5.56 Å². The largest absolute Gasteiger partial charge is 0.507 e. The van der Waals surface area contributed by atoms with Gasteiger partial charge in [0.2, 0.25) is 0 Å². The molecular weight excluding hydrogens is 422 g/mol. The molecule has 1 atom stereocenters. The zero-order valence-electron chi connectivity index (χ0n) is 18.9. The highest BCUT2D eigenvalue weighted by Gasteiger charge is 2.48. The van der Waals surface area contributed by atoms with Gasteiger partial charge in [0.15, 0.2) is 0 Å². The zero-order chi connectivity index (χ0) is 23.7. The van der Waals surface area contributed by atoms with Crippen molar-refractivity contribution in [3.05, 3.63) is 83.3 Å². The van der Waals surface area contributed by atoms with E-state index in [2.05, 4.69) is 0 Å². The van der Waals surface area contributed by atoms with Gasteiger partial charge in [-0.1, -0.05) is 13.8 Å². The Labute approximate surface area is 191 Å². The second-order valence-corrected chi connectivity index (χ2v) is 7.99. The van der Waals surface area contributed by atoms with Gasteiger partial charge >= 0.3 is 0 Å². The van der Waals surface area contributed by atoms with Crippen molar-refractivity contribution in [1.82, 2.24) is 0 Å². The molecule has 1 amide bonds. The standard InChI is InChI=1S/C26H25NO6/c1-15(2)19-14-16(7-12-20(19)32-4)24(28)22-23(21-6-5-13-33-21)27(26(30)25(22)29)17-8-10-18(31-3)11-9-17/h5-15,23,28H,1-4H3/b24-22-. The van der Waals surface area contributed by atoms with Crippen LogP contribution in [0, 0.1) is 0 Å². The van der Waals surface area contributed by atoms with Gasteiger partial charge in [0.05, 0.1) is 26.1 Å². The van der Waals surface area contributed by atoms with E-state index in [1.807, 2.05) is 13.8 Å². The smallest absolute Gasteiger partial charge is 0.300 e. The highest BCUT2D eigenvalue weighted by atomic mass is 16.5. The van der Waals surface area contributed by atoms with E-state index in [9.17, 15) is 14.7 Å². The lowest BCUT2D eigenvalue weighted by Crippen LogP contribution is -2.29. The minimum Gasteiger partial charge on any atom is -0.507 e. The predicted octanol–water partition coefficient (Wildman–Crippen LogP) is 5.05. The van der Waals surface area contributed by atoms with E-state index in [4.69, 9.17) is 13.9 Å². The first-order valence-corrected chi connectivity index (χ1v) is 10.5.